The first-order chi connectivity index (χ1) is 11.5. The predicted molar refractivity (Wildman–Crippen MR) is 99.5 cm³/mol. The molecule has 24 heavy (non-hydrogen) atoms. The number of nitrogens with one attached hydrogen (secondary N) is 1. The maximum atomic E-state index is 12.4. The smallest absolute Gasteiger partial charge is 0.252 e. The second kappa shape index (κ2) is 8.52. The third kappa shape index (κ3) is 4.50. The fourth-order valence-electron chi connectivity index (χ4n) is 2.88. The average molecular weight is 366 g/mol. The van der Waals surface area contributed by atoms with Crippen molar-refractivity contribution in [1.29, 1.82) is 0 Å². The Morgan fingerprint density at radius 1 is 1.29 bits per heavy atom. The van der Waals surface area contributed by atoms with Crippen LogP contribution in [-0.2, 0) is 14.9 Å². The lowest BCUT2D eigenvalue weighted by atomic mass is 9.74. The van der Waals surface area contributed by atoms with Crippen molar-refractivity contribution < 1.29 is 9.53 Å². The summed E-state index contributed by atoms with van der Waals surface area (Å²) in [5.74, 6) is -0.255. The van der Waals surface area contributed by atoms with E-state index in [2.05, 4.69) is 18.5 Å². The second-order valence-corrected chi connectivity index (χ2v) is 6.70. The first kappa shape index (κ1) is 18.8. The number of hydrogen-bond acceptors (Lipinski definition) is 2. The third-order valence-corrected chi connectivity index (χ3v) is 4.77. The van der Waals surface area contributed by atoms with E-state index in [0.717, 1.165) is 18.4 Å². The Labute approximate surface area is 153 Å². The van der Waals surface area contributed by atoms with Crippen molar-refractivity contribution in [1.82, 2.24) is 5.32 Å². The molecule has 1 saturated heterocycles. The van der Waals surface area contributed by atoms with E-state index in [-0.39, 0.29) is 16.4 Å². The summed E-state index contributed by atoms with van der Waals surface area (Å²) in [6, 6.07) is 7.78. The van der Waals surface area contributed by atoms with E-state index in [1.54, 1.807) is 6.08 Å². The van der Waals surface area contributed by atoms with E-state index in [4.69, 9.17) is 27.9 Å². The van der Waals surface area contributed by atoms with Crippen LogP contribution in [0.2, 0.25) is 5.02 Å². The van der Waals surface area contributed by atoms with Gasteiger partial charge in [0.15, 0.2) is 0 Å². The van der Waals surface area contributed by atoms with Gasteiger partial charge < -0.3 is 10.1 Å². The third-order valence-electron chi connectivity index (χ3n) is 4.32. The Kier molecular flexibility index (Phi) is 6.67. The van der Waals surface area contributed by atoms with Gasteiger partial charge in [-0.05, 0) is 36.6 Å². The van der Waals surface area contributed by atoms with E-state index in [9.17, 15) is 4.79 Å². The molecule has 5 heteroatoms. The highest BCUT2D eigenvalue weighted by molar-refractivity contribution is 6.35. The van der Waals surface area contributed by atoms with Crippen LogP contribution in [0.4, 0.5) is 0 Å². The second-order valence-electron chi connectivity index (χ2n) is 5.80. The van der Waals surface area contributed by atoms with Crippen molar-refractivity contribution >= 4 is 29.1 Å². The molecular formula is C19H21Cl2NO2. The Hall–Kier alpha value is -1.55. The summed E-state index contributed by atoms with van der Waals surface area (Å²) in [6.45, 7) is 9.05. The summed E-state index contributed by atoms with van der Waals surface area (Å²) < 4.78 is 5.50. The normalized spacial score (nSPS) is 17.2. The van der Waals surface area contributed by atoms with Crippen molar-refractivity contribution in [2.45, 2.75) is 18.3 Å². The number of benzene rings is 1. The molecule has 0 radical (unpaired) electrons. The first-order valence-corrected chi connectivity index (χ1v) is 8.53. The summed E-state index contributed by atoms with van der Waals surface area (Å²) in [6.07, 6.45) is 4.74. The quantitative estimate of drug-likeness (QED) is 0.600. The molecule has 0 bridgehead atoms. The fourth-order valence-corrected chi connectivity index (χ4v) is 3.16. The average Bonchev–Trinajstić information content (AvgIpc) is 2.58. The lowest BCUT2D eigenvalue weighted by molar-refractivity contribution is -0.117. The van der Waals surface area contributed by atoms with E-state index in [1.165, 1.54) is 6.08 Å². The Bertz CT molecular complexity index is 644. The zero-order chi connectivity index (χ0) is 17.6. The van der Waals surface area contributed by atoms with Crippen LogP contribution in [0.1, 0.15) is 18.4 Å². The Balaban J connectivity index is 2.19. The predicted octanol–water partition coefficient (Wildman–Crippen LogP) is 4.37. The van der Waals surface area contributed by atoms with Crippen LogP contribution in [0.15, 0.2) is 60.2 Å². The summed E-state index contributed by atoms with van der Waals surface area (Å²) in [5, 5.41) is 3.87. The van der Waals surface area contributed by atoms with Gasteiger partial charge in [0.25, 0.3) is 5.91 Å². The van der Waals surface area contributed by atoms with Crippen LogP contribution < -0.4 is 5.32 Å². The minimum atomic E-state index is -0.255. The number of amides is 1. The van der Waals surface area contributed by atoms with Crippen LogP contribution in [0.25, 0.3) is 0 Å². The van der Waals surface area contributed by atoms with E-state index >= 15 is 0 Å². The van der Waals surface area contributed by atoms with Gasteiger partial charge in [-0.1, -0.05) is 54.6 Å². The minimum Gasteiger partial charge on any atom is -0.381 e. The summed E-state index contributed by atoms with van der Waals surface area (Å²) >= 11 is 11.9. The zero-order valence-electron chi connectivity index (χ0n) is 13.5. The van der Waals surface area contributed by atoms with Gasteiger partial charge in [-0.3, -0.25) is 4.79 Å². The minimum absolute atomic E-state index is 0.175. The monoisotopic (exact) mass is 365 g/mol. The summed E-state index contributed by atoms with van der Waals surface area (Å²) in [4.78, 5) is 12.4. The highest BCUT2D eigenvalue weighted by atomic mass is 35.5. The van der Waals surface area contributed by atoms with Crippen molar-refractivity contribution in [2.24, 2.45) is 0 Å². The molecule has 0 atom stereocenters. The summed E-state index contributed by atoms with van der Waals surface area (Å²) in [7, 11) is 0. The van der Waals surface area contributed by atoms with E-state index in [0.29, 0.717) is 30.4 Å². The molecule has 1 aromatic rings. The standard InChI is InChI=1S/C19H21Cl2NO2/c1-3-4-17(14(2)20)18(23)22-13-19(9-11-24-12-10-19)15-5-7-16(21)8-6-15/h3-8H,1-2,9-13H2,(H,22,23)/b17-4+. The van der Waals surface area contributed by atoms with Crippen LogP contribution in [0.3, 0.4) is 0 Å². The molecule has 1 aliphatic rings. The number of carbonyl (C=O) groups excluding carboxylic acids is 1. The number of hydrogen-bond donors (Lipinski definition) is 1. The molecule has 1 aromatic carbocycles. The van der Waals surface area contributed by atoms with E-state index < -0.39 is 0 Å². The Morgan fingerprint density at radius 2 is 1.92 bits per heavy atom. The largest absolute Gasteiger partial charge is 0.381 e. The first-order valence-electron chi connectivity index (χ1n) is 7.78. The molecule has 0 aliphatic carbocycles. The maximum absolute atomic E-state index is 12.4. The van der Waals surface area contributed by atoms with Crippen molar-refractivity contribution in [3.8, 4) is 0 Å². The van der Waals surface area contributed by atoms with Gasteiger partial charge >= 0.3 is 0 Å². The molecule has 3 nitrogen and oxygen atoms in total. The topological polar surface area (TPSA) is 38.3 Å². The van der Waals surface area contributed by atoms with Gasteiger partial charge in [-0.25, -0.2) is 0 Å². The van der Waals surface area contributed by atoms with Gasteiger partial charge in [0.1, 0.15) is 0 Å². The van der Waals surface area contributed by atoms with Crippen LogP contribution in [0, 0.1) is 0 Å². The van der Waals surface area contributed by atoms with Crippen molar-refractivity contribution in [3.05, 3.63) is 70.8 Å². The molecule has 0 aromatic heterocycles. The SMILES string of the molecule is C=C/C=C(\C(=C)Cl)C(=O)NCC1(c2ccc(Cl)cc2)CCOCC1. The molecule has 1 N–H and O–H groups in total. The van der Waals surface area contributed by atoms with Gasteiger partial charge in [0.2, 0.25) is 0 Å². The van der Waals surface area contributed by atoms with Gasteiger partial charge in [0, 0.05) is 35.2 Å². The molecule has 128 valence electrons. The number of rotatable bonds is 6. The van der Waals surface area contributed by atoms with Crippen molar-refractivity contribution in [3.63, 3.8) is 0 Å². The zero-order valence-corrected chi connectivity index (χ0v) is 15.0. The van der Waals surface area contributed by atoms with E-state index in [1.807, 2.05) is 24.3 Å². The van der Waals surface area contributed by atoms with Crippen LogP contribution in [-0.4, -0.2) is 25.7 Å². The molecule has 0 spiro atoms. The number of halogens is 2. The highest BCUT2D eigenvalue weighted by Gasteiger charge is 2.35. The molecule has 1 aliphatic heterocycles. The Morgan fingerprint density at radius 3 is 2.46 bits per heavy atom. The molecular weight excluding hydrogens is 345 g/mol. The van der Waals surface area contributed by atoms with Gasteiger partial charge in [0.05, 0.1) is 5.57 Å². The van der Waals surface area contributed by atoms with Gasteiger partial charge in [-0.2, -0.15) is 0 Å². The highest BCUT2D eigenvalue weighted by Crippen LogP contribution is 2.35. The molecule has 0 unspecified atom stereocenters. The number of ether oxygens (including phenoxy) is 1. The van der Waals surface area contributed by atoms with Crippen molar-refractivity contribution in [2.75, 3.05) is 19.8 Å². The van der Waals surface area contributed by atoms with Crippen LogP contribution >= 0.6 is 23.2 Å². The molecule has 0 saturated carbocycles. The van der Waals surface area contributed by atoms with Gasteiger partial charge in [-0.15, -0.1) is 0 Å². The molecule has 1 fully saturated rings. The molecule has 2 rings (SSSR count). The number of allylic oxidation sites excluding steroid dienone is 2. The van der Waals surface area contributed by atoms with Crippen LogP contribution in [0.5, 0.6) is 0 Å². The molecule has 1 amide bonds. The summed E-state index contributed by atoms with van der Waals surface area (Å²) in [5.41, 5.74) is 1.30. The lowest BCUT2D eigenvalue weighted by Crippen LogP contribution is -2.45. The fraction of sp³-hybridized carbons (Fsp3) is 0.316. The number of carbonyl (C=O) groups is 1. The molecule has 1 heterocycles. The maximum Gasteiger partial charge on any atom is 0.252 e. The lowest BCUT2D eigenvalue weighted by Gasteiger charge is -2.38.